The maximum atomic E-state index is 12.9. The van der Waals surface area contributed by atoms with Crippen LogP contribution in [0.1, 0.15) is 19.4 Å². The molecule has 1 N–H and O–H groups in total. The number of nitrogens with one attached hydrogen (secondary N) is 1. The zero-order chi connectivity index (χ0) is 20.4. The Morgan fingerprint density at radius 2 is 1.97 bits per heavy atom. The number of carbonyl (C=O) groups excluding carboxylic acids is 2. The quantitative estimate of drug-likeness (QED) is 0.746. The van der Waals surface area contributed by atoms with Gasteiger partial charge in [0.05, 0.1) is 5.92 Å². The molecule has 0 radical (unpaired) electrons. The largest absolute Gasteiger partial charge is 0.354 e. The molecule has 2 fully saturated rings. The summed E-state index contributed by atoms with van der Waals surface area (Å²) in [6.07, 6.45) is 1.43. The summed E-state index contributed by atoms with van der Waals surface area (Å²) >= 11 is 0. The van der Waals surface area contributed by atoms with Crippen LogP contribution in [0.25, 0.3) is 0 Å². The van der Waals surface area contributed by atoms with E-state index in [1.54, 1.807) is 0 Å². The summed E-state index contributed by atoms with van der Waals surface area (Å²) < 4.78 is 1.42. The van der Waals surface area contributed by atoms with Gasteiger partial charge < -0.3 is 10.2 Å². The molecule has 3 heterocycles. The van der Waals surface area contributed by atoms with Gasteiger partial charge in [0, 0.05) is 44.2 Å². The minimum atomic E-state index is -0.190. The highest BCUT2D eigenvalue weighted by Gasteiger charge is 2.57. The molecule has 0 saturated carbocycles. The minimum Gasteiger partial charge on any atom is -0.354 e. The van der Waals surface area contributed by atoms with Gasteiger partial charge in [-0.3, -0.25) is 14.5 Å². The number of hydrogen-bond acceptors (Lipinski definition) is 6. The summed E-state index contributed by atoms with van der Waals surface area (Å²) in [5.74, 6) is -0.0544. The average molecular weight is 397 g/mol. The Morgan fingerprint density at radius 3 is 2.62 bits per heavy atom. The van der Waals surface area contributed by atoms with Crippen LogP contribution in [0, 0.1) is 11.3 Å². The third kappa shape index (κ3) is 4.14. The second-order valence-electron chi connectivity index (χ2n) is 8.49. The van der Waals surface area contributed by atoms with Gasteiger partial charge in [0.15, 0.2) is 0 Å². The van der Waals surface area contributed by atoms with Gasteiger partial charge in [0.2, 0.25) is 11.8 Å². The number of tetrazole rings is 1. The number of rotatable bonds is 6. The summed E-state index contributed by atoms with van der Waals surface area (Å²) in [5, 5.41) is 14.0. The van der Waals surface area contributed by atoms with Gasteiger partial charge in [-0.25, -0.2) is 4.68 Å². The van der Waals surface area contributed by atoms with Crippen molar-refractivity contribution in [3.05, 3.63) is 42.2 Å². The summed E-state index contributed by atoms with van der Waals surface area (Å²) in [7, 11) is 0. The summed E-state index contributed by atoms with van der Waals surface area (Å²) in [4.78, 5) is 29.6. The van der Waals surface area contributed by atoms with Crippen molar-refractivity contribution in [2.24, 2.45) is 11.3 Å². The number of aromatic nitrogens is 4. The molecule has 2 aliphatic rings. The fraction of sp³-hybridized carbons (Fsp3) is 0.550. The van der Waals surface area contributed by atoms with Crippen molar-refractivity contribution >= 4 is 11.8 Å². The molecule has 1 aromatic carbocycles. The van der Waals surface area contributed by atoms with Crippen LogP contribution in [0.3, 0.4) is 0 Å². The predicted octanol–water partition coefficient (Wildman–Crippen LogP) is 0.158. The van der Waals surface area contributed by atoms with Crippen LogP contribution < -0.4 is 5.32 Å². The van der Waals surface area contributed by atoms with Crippen LogP contribution in [0.15, 0.2) is 36.7 Å². The van der Waals surface area contributed by atoms with E-state index in [1.165, 1.54) is 16.6 Å². The fourth-order valence-corrected chi connectivity index (χ4v) is 4.48. The van der Waals surface area contributed by atoms with E-state index in [1.807, 2.05) is 36.9 Å². The lowest BCUT2D eigenvalue weighted by molar-refractivity contribution is -0.150. The molecule has 154 valence electrons. The molecule has 0 bridgehead atoms. The SMILES string of the molecule is CC(C)NC(=O)C1CN(Cc2ccccc2)CC12CN(C(=O)Cn1cnnn1)C2. The van der Waals surface area contributed by atoms with Crippen molar-refractivity contribution in [1.29, 1.82) is 0 Å². The molecular formula is C20H27N7O2. The molecule has 1 spiro atoms. The van der Waals surface area contributed by atoms with Crippen molar-refractivity contribution in [2.75, 3.05) is 26.2 Å². The van der Waals surface area contributed by atoms with Gasteiger partial charge in [-0.15, -0.1) is 5.10 Å². The highest BCUT2D eigenvalue weighted by atomic mass is 16.2. The zero-order valence-electron chi connectivity index (χ0n) is 16.9. The molecule has 4 rings (SSSR count). The first-order valence-electron chi connectivity index (χ1n) is 10.0. The molecule has 9 heteroatoms. The molecule has 2 aliphatic heterocycles. The molecule has 1 aromatic heterocycles. The molecule has 1 unspecified atom stereocenters. The predicted molar refractivity (Wildman–Crippen MR) is 105 cm³/mol. The first-order chi connectivity index (χ1) is 13.9. The normalized spacial score (nSPS) is 20.8. The van der Waals surface area contributed by atoms with E-state index >= 15 is 0 Å². The van der Waals surface area contributed by atoms with Crippen LogP contribution in [0.2, 0.25) is 0 Å². The van der Waals surface area contributed by atoms with Gasteiger partial charge >= 0.3 is 0 Å². The Kier molecular flexibility index (Phi) is 5.31. The third-order valence-electron chi connectivity index (χ3n) is 5.77. The Labute approximate surface area is 170 Å². The van der Waals surface area contributed by atoms with E-state index in [4.69, 9.17) is 0 Å². The smallest absolute Gasteiger partial charge is 0.244 e. The van der Waals surface area contributed by atoms with Crippen LogP contribution in [-0.4, -0.2) is 74.0 Å². The number of amides is 2. The number of benzene rings is 1. The van der Waals surface area contributed by atoms with Crippen molar-refractivity contribution in [3.63, 3.8) is 0 Å². The first-order valence-corrected chi connectivity index (χ1v) is 10.0. The van der Waals surface area contributed by atoms with Gasteiger partial charge in [0.25, 0.3) is 0 Å². The first kappa shape index (κ1) is 19.5. The highest BCUT2D eigenvalue weighted by Crippen LogP contribution is 2.44. The second-order valence-corrected chi connectivity index (χ2v) is 8.49. The van der Waals surface area contributed by atoms with Crippen LogP contribution in [-0.2, 0) is 22.7 Å². The Bertz CT molecular complexity index is 847. The lowest BCUT2D eigenvalue weighted by Crippen LogP contribution is -2.64. The monoisotopic (exact) mass is 397 g/mol. The van der Waals surface area contributed by atoms with Crippen LogP contribution in [0.5, 0.6) is 0 Å². The van der Waals surface area contributed by atoms with Gasteiger partial charge in [-0.2, -0.15) is 0 Å². The highest BCUT2D eigenvalue weighted by molar-refractivity contribution is 5.82. The minimum absolute atomic E-state index is 0.0209. The average Bonchev–Trinajstić information content (AvgIpc) is 3.28. The van der Waals surface area contributed by atoms with Crippen LogP contribution >= 0.6 is 0 Å². The maximum absolute atomic E-state index is 12.9. The van der Waals surface area contributed by atoms with Crippen molar-refractivity contribution in [2.45, 2.75) is 33.0 Å². The molecule has 2 saturated heterocycles. The molecule has 2 aromatic rings. The van der Waals surface area contributed by atoms with E-state index in [2.05, 4.69) is 37.9 Å². The molecule has 0 aliphatic carbocycles. The van der Waals surface area contributed by atoms with Gasteiger partial charge in [-0.1, -0.05) is 30.3 Å². The molecule has 29 heavy (non-hydrogen) atoms. The lowest BCUT2D eigenvalue weighted by atomic mass is 9.71. The number of carbonyl (C=O) groups is 2. The number of hydrogen-bond donors (Lipinski definition) is 1. The summed E-state index contributed by atoms with van der Waals surface area (Å²) in [6.45, 7) is 7.60. The summed E-state index contributed by atoms with van der Waals surface area (Å²) in [6, 6.07) is 10.4. The third-order valence-corrected chi connectivity index (χ3v) is 5.77. The van der Waals surface area contributed by atoms with E-state index in [9.17, 15) is 9.59 Å². The van der Waals surface area contributed by atoms with E-state index < -0.39 is 0 Å². The Balaban J connectivity index is 1.44. The molecular weight excluding hydrogens is 370 g/mol. The molecule has 2 amide bonds. The maximum Gasteiger partial charge on any atom is 0.244 e. The number of nitrogens with zero attached hydrogens (tertiary/aromatic N) is 6. The van der Waals surface area contributed by atoms with E-state index in [-0.39, 0.29) is 35.7 Å². The Hall–Kier alpha value is -2.81. The van der Waals surface area contributed by atoms with Crippen molar-refractivity contribution in [1.82, 2.24) is 35.3 Å². The number of likely N-dealkylation sites (tertiary alicyclic amines) is 2. The second kappa shape index (κ2) is 7.90. The van der Waals surface area contributed by atoms with Crippen LogP contribution in [0.4, 0.5) is 0 Å². The van der Waals surface area contributed by atoms with E-state index in [0.717, 1.165) is 13.1 Å². The van der Waals surface area contributed by atoms with Gasteiger partial charge in [-0.05, 0) is 29.8 Å². The lowest BCUT2D eigenvalue weighted by Gasteiger charge is -2.50. The molecule has 1 atom stereocenters. The molecule has 9 nitrogen and oxygen atoms in total. The van der Waals surface area contributed by atoms with Crippen molar-refractivity contribution < 1.29 is 9.59 Å². The fourth-order valence-electron chi connectivity index (χ4n) is 4.48. The summed E-state index contributed by atoms with van der Waals surface area (Å²) in [5.41, 5.74) is 1.04. The van der Waals surface area contributed by atoms with Gasteiger partial charge in [0.1, 0.15) is 12.9 Å². The van der Waals surface area contributed by atoms with E-state index in [0.29, 0.717) is 19.6 Å². The topological polar surface area (TPSA) is 96.2 Å². The standard InChI is InChI=1S/C20H27N7O2/c1-15(2)22-19(29)17-9-25(8-16-6-4-3-5-7-16)11-20(17)12-26(13-20)18(28)10-27-14-21-23-24-27/h3-7,14-15,17H,8-13H2,1-2H3,(H,22,29). The Morgan fingerprint density at radius 1 is 1.21 bits per heavy atom. The van der Waals surface area contributed by atoms with Crippen molar-refractivity contribution in [3.8, 4) is 0 Å². The zero-order valence-corrected chi connectivity index (χ0v) is 16.9.